The number of rotatable bonds is 6. The Kier molecular flexibility index (Phi) is 4.67. The molecule has 0 saturated carbocycles. The van der Waals surface area contributed by atoms with Crippen LogP contribution in [0.15, 0.2) is 30.5 Å². The average Bonchev–Trinajstić information content (AvgIpc) is 2.80. The molecular weight excluding hydrogens is 271 g/mol. The molecule has 1 aromatic carbocycles. The van der Waals surface area contributed by atoms with Crippen molar-refractivity contribution in [1.82, 2.24) is 4.57 Å². The first kappa shape index (κ1) is 14.9. The number of ether oxygens (including phenoxy) is 1. The van der Waals surface area contributed by atoms with Crippen LogP contribution in [0.25, 0.3) is 10.9 Å². The van der Waals surface area contributed by atoms with E-state index in [0.29, 0.717) is 13.0 Å². The SMILES string of the molecule is OCc1cccc2c1ccn2CCCOCC(F)(F)F. The number of aryl methyl sites for hydroxylation is 1. The van der Waals surface area contributed by atoms with Crippen LogP contribution in [0.2, 0.25) is 0 Å². The molecule has 3 nitrogen and oxygen atoms in total. The van der Waals surface area contributed by atoms with Crippen molar-refractivity contribution in [3.05, 3.63) is 36.0 Å². The van der Waals surface area contributed by atoms with Gasteiger partial charge in [0.2, 0.25) is 0 Å². The summed E-state index contributed by atoms with van der Waals surface area (Å²) < 4.78 is 42.2. The van der Waals surface area contributed by atoms with E-state index in [0.717, 1.165) is 16.5 Å². The average molecular weight is 287 g/mol. The summed E-state index contributed by atoms with van der Waals surface area (Å²) in [4.78, 5) is 0. The van der Waals surface area contributed by atoms with Gasteiger partial charge >= 0.3 is 6.18 Å². The summed E-state index contributed by atoms with van der Waals surface area (Å²) in [5.74, 6) is 0. The van der Waals surface area contributed by atoms with E-state index in [9.17, 15) is 18.3 Å². The Morgan fingerprint density at radius 3 is 2.70 bits per heavy atom. The molecule has 1 N–H and O–H groups in total. The van der Waals surface area contributed by atoms with Crippen molar-refractivity contribution in [2.75, 3.05) is 13.2 Å². The highest BCUT2D eigenvalue weighted by molar-refractivity contribution is 5.83. The van der Waals surface area contributed by atoms with E-state index < -0.39 is 12.8 Å². The largest absolute Gasteiger partial charge is 0.411 e. The highest BCUT2D eigenvalue weighted by Gasteiger charge is 2.27. The van der Waals surface area contributed by atoms with Crippen LogP contribution in [0, 0.1) is 0 Å². The molecule has 2 aromatic rings. The Balaban J connectivity index is 1.91. The van der Waals surface area contributed by atoms with Crippen LogP contribution in [0.1, 0.15) is 12.0 Å². The highest BCUT2D eigenvalue weighted by Crippen LogP contribution is 2.20. The Labute approximate surface area is 114 Å². The van der Waals surface area contributed by atoms with Crippen molar-refractivity contribution in [2.45, 2.75) is 25.7 Å². The van der Waals surface area contributed by atoms with Gasteiger partial charge in [0, 0.05) is 30.3 Å². The fourth-order valence-electron chi connectivity index (χ4n) is 2.14. The molecule has 20 heavy (non-hydrogen) atoms. The van der Waals surface area contributed by atoms with Gasteiger partial charge in [-0.25, -0.2) is 0 Å². The first-order chi connectivity index (χ1) is 9.51. The van der Waals surface area contributed by atoms with Gasteiger partial charge in [0.15, 0.2) is 0 Å². The summed E-state index contributed by atoms with van der Waals surface area (Å²) in [6.45, 7) is -0.584. The normalized spacial score (nSPS) is 12.2. The molecular formula is C14H16F3NO2. The van der Waals surface area contributed by atoms with Crippen molar-refractivity contribution in [2.24, 2.45) is 0 Å². The van der Waals surface area contributed by atoms with E-state index in [1.807, 2.05) is 35.0 Å². The minimum absolute atomic E-state index is 0.0317. The number of nitrogens with zero attached hydrogens (tertiary/aromatic N) is 1. The first-order valence-electron chi connectivity index (χ1n) is 6.33. The number of alkyl halides is 3. The Hall–Kier alpha value is -1.53. The number of benzene rings is 1. The Morgan fingerprint density at radius 1 is 1.20 bits per heavy atom. The summed E-state index contributed by atoms with van der Waals surface area (Å²) in [5.41, 5.74) is 1.81. The smallest absolute Gasteiger partial charge is 0.392 e. The lowest BCUT2D eigenvalue weighted by Gasteiger charge is -2.09. The minimum Gasteiger partial charge on any atom is -0.392 e. The lowest BCUT2D eigenvalue weighted by molar-refractivity contribution is -0.174. The number of hydrogen-bond acceptors (Lipinski definition) is 2. The fraction of sp³-hybridized carbons (Fsp3) is 0.429. The molecule has 0 bridgehead atoms. The van der Waals surface area contributed by atoms with E-state index >= 15 is 0 Å². The van der Waals surface area contributed by atoms with Gasteiger partial charge in [-0.3, -0.25) is 0 Å². The summed E-state index contributed by atoms with van der Waals surface area (Å²) >= 11 is 0. The standard InChI is InChI=1S/C14H16F3NO2/c15-14(16,17)10-20-8-2-6-18-7-5-12-11(9-19)3-1-4-13(12)18/h1,3-5,7,19H,2,6,8-10H2. The molecule has 6 heteroatoms. The predicted molar refractivity (Wildman–Crippen MR) is 69.4 cm³/mol. The van der Waals surface area contributed by atoms with E-state index in [4.69, 9.17) is 0 Å². The molecule has 0 spiro atoms. The lowest BCUT2D eigenvalue weighted by atomic mass is 10.1. The van der Waals surface area contributed by atoms with Crippen LogP contribution in [-0.2, 0) is 17.9 Å². The maximum Gasteiger partial charge on any atom is 0.411 e. The monoisotopic (exact) mass is 287 g/mol. The van der Waals surface area contributed by atoms with E-state index in [2.05, 4.69) is 4.74 Å². The summed E-state index contributed by atoms with van der Waals surface area (Å²) in [5, 5.41) is 10.2. The van der Waals surface area contributed by atoms with E-state index in [-0.39, 0.29) is 13.2 Å². The third-order valence-corrected chi connectivity index (χ3v) is 3.03. The van der Waals surface area contributed by atoms with E-state index in [1.165, 1.54) is 0 Å². The van der Waals surface area contributed by atoms with Crippen molar-refractivity contribution in [3.8, 4) is 0 Å². The van der Waals surface area contributed by atoms with Crippen LogP contribution in [0.4, 0.5) is 13.2 Å². The second-order valence-electron chi connectivity index (χ2n) is 4.54. The van der Waals surface area contributed by atoms with Crippen molar-refractivity contribution in [3.63, 3.8) is 0 Å². The van der Waals surface area contributed by atoms with Crippen LogP contribution in [-0.4, -0.2) is 29.1 Å². The molecule has 0 amide bonds. The van der Waals surface area contributed by atoms with Gasteiger partial charge in [-0.05, 0) is 24.1 Å². The highest BCUT2D eigenvalue weighted by atomic mass is 19.4. The molecule has 0 aliphatic heterocycles. The molecule has 0 fully saturated rings. The second kappa shape index (κ2) is 6.28. The Bertz CT molecular complexity index is 563. The molecule has 0 aliphatic carbocycles. The number of aromatic nitrogens is 1. The third-order valence-electron chi connectivity index (χ3n) is 3.03. The van der Waals surface area contributed by atoms with Gasteiger partial charge in [-0.2, -0.15) is 13.2 Å². The molecule has 0 aliphatic rings. The van der Waals surface area contributed by atoms with E-state index in [1.54, 1.807) is 0 Å². The van der Waals surface area contributed by atoms with Crippen LogP contribution in [0.5, 0.6) is 0 Å². The predicted octanol–water partition coefficient (Wildman–Crippen LogP) is 3.10. The lowest BCUT2D eigenvalue weighted by Crippen LogP contribution is -2.17. The molecule has 0 saturated heterocycles. The first-order valence-corrected chi connectivity index (χ1v) is 6.33. The van der Waals surface area contributed by atoms with Gasteiger partial charge < -0.3 is 14.4 Å². The van der Waals surface area contributed by atoms with Gasteiger partial charge in [-0.1, -0.05) is 12.1 Å². The zero-order chi connectivity index (χ0) is 14.6. The molecule has 110 valence electrons. The van der Waals surface area contributed by atoms with Gasteiger partial charge in [0.1, 0.15) is 6.61 Å². The van der Waals surface area contributed by atoms with Crippen molar-refractivity contribution < 1.29 is 23.0 Å². The van der Waals surface area contributed by atoms with Crippen molar-refractivity contribution in [1.29, 1.82) is 0 Å². The topological polar surface area (TPSA) is 34.4 Å². The number of hydrogen-bond donors (Lipinski definition) is 1. The summed E-state index contributed by atoms with van der Waals surface area (Å²) in [7, 11) is 0. The number of aliphatic hydroxyl groups is 1. The van der Waals surface area contributed by atoms with Crippen LogP contribution in [0.3, 0.4) is 0 Å². The van der Waals surface area contributed by atoms with Gasteiger partial charge in [0.25, 0.3) is 0 Å². The third kappa shape index (κ3) is 3.74. The van der Waals surface area contributed by atoms with Crippen LogP contribution >= 0.6 is 0 Å². The maximum absolute atomic E-state index is 11.9. The van der Waals surface area contributed by atoms with Crippen molar-refractivity contribution >= 4 is 10.9 Å². The fourth-order valence-corrected chi connectivity index (χ4v) is 2.14. The molecule has 1 aromatic heterocycles. The zero-order valence-electron chi connectivity index (χ0n) is 10.9. The number of halogens is 3. The minimum atomic E-state index is -4.27. The summed E-state index contributed by atoms with van der Waals surface area (Å²) in [6, 6.07) is 7.52. The number of aliphatic hydroxyl groups excluding tert-OH is 1. The number of fused-ring (bicyclic) bond motifs is 1. The quantitative estimate of drug-likeness (QED) is 0.828. The van der Waals surface area contributed by atoms with Crippen LogP contribution < -0.4 is 0 Å². The molecule has 0 unspecified atom stereocenters. The Morgan fingerprint density at radius 2 is 2.00 bits per heavy atom. The second-order valence-corrected chi connectivity index (χ2v) is 4.54. The molecule has 1 heterocycles. The molecule has 2 rings (SSSR count). The molecule has 0 radical (unpaired) electrons. The van der Waals surface area contributed by atoms with Gasteiger partial charge in [0.05, 0.1) is 6.61 Å². The maximum atomic E-state index is 11.9. The van der Waals surface area contributed by atoms with Gasteiger partial charge in [-0.15, -0.1) is 0 Å². The zero-order valence-corrected chi connectivity index (χ0v) is 10.9. The molecule has 0 atom stereocenters. The summed E-state index contributed by atoms with van der Waals surface area (Å²) in [6.07, 6.45) is -1.90.